The van der Waals surface area contributed by atoms with Crippen LogP contribution in [0.4, 0.5) is 4.79 Å². The predicted octanol–water partition coefficient (Wildman–Crippen LogP) is 1.96. The van der Waals surface area contributed by atoms with Crippen molar-refractivity contribution in [2.45, 2.75) is 44.9 Å². The Morgan fingerprint density at radius 1 is 1.04 bits per heavy atom. The number of carboxylic acid groups (broad SMARTS) is 1. The quantitative estimate of drug-likeness (QED) is 0.713. The van der Waals surface area contributed by atoms with E-state index in [1.807, 2.05) is 6.92 Å². The highest BCUT2D eigenvalue weighted by molar-refractivity contribution is 6.22. The summed E-state index contributed by atoms with van der Waals surface area (Å²) < 4.78 is 0. The number of benzene rings is 1. The lowest BCUT2D eigenvalue weighted by molar-refractivity contribution is -0.139. The Bertz CT molecular complexity index is 593. The SMILES string of the molecule is CCC1(c2ccccc2)C(=O)NC(=O)NC1=O.CCCCC(=O)O. The van der Waals surface area contributed by atoms with E-state index in [-0.39, 0.29) is 0 Å². The van der Waals surface area contributed by atoms with Gasteiger partial charge in [0.1, 0.15) is 0 Å². The number of carbonyl (C=O) groups is 4. The van der Waals surface area contributed by atoms with E-state index >= 15 is 0 Å². The van der Waals surface area contributed by atoms with Crippen molar-refractivity contribution in [1.29, 1.82) is 0 Å². The zero-order chi connectivity index (χ0) is 18.2. The lowest BCUT2D eigenvalue weighted by atomic mass is 9.75. The van der Waals surface area contributed by atoms with Gasteiger partial charge in [0.15, 0.2) is 5.41 Å². The third-order valence-corrected chi connectivity index (χ3v) is 3.77. The van der Waals surface area contributed by atoms with E-state index in [0.717, 1.165) is 12.8 Å². The van der Waals surface area contributed by atoms with Crippen molar-refractivity contribution in [2.24, 2.45) is 0 Å². The van der Waals surface area contributed by atoms with E-state index in [2.05, 4.69) is 10.6 Å². The molecule has 1 fully saturated rings. The van der Waals surface area contributed by atoms with Crippen LogP contribution in [0.15, 0.2) is 30.3 Å². The average Bonchev–Trinajstić information content (AvgIpc) is 2.54. The molecule has 0 bridgehead atoms. The van der Waals surface area contributed by atoms with E-state index in [1.165, 1.54) is 0 Å². The maximum Gasteiger partial charge on any atom is 0.328 e. The van der Waals surface area contributed by atoms with Gasteiger partial charge in [-0.3, -0.25) is 25.0 Å². The summed E-state index contributed by atoms with van der Waals surface area (Å²) in [7, 11) is 0. The minimum absolute atomic E-state index is 0.294. The van der Waals surface area contributed by atoms with Crippen LogP contribution >= 0.6 is 0 Å². The fourth-order valence-corrected chi connectivity index (χ4v) is 2.39. The minimum Gasteiger partial charge on any atom is -0.481 e. The van der Waals surface area contributed by atoms with Gasteiger partial charge < -0.3 is 5.11 Å². The van der Waals surface area contributed by atoms with Crippen LogP contribution in [-0.4, -0.2) is 28.9 Å². The first kappa shape index (κ1) is 19.3. The van der Waals surface area contributed by atoms with Crippen LogP contribution in [0.3, 0.4) is 0 Å². The number of imide groups is 2. The van der Waals surface area contributed by atoms with Gasteiger partial charge in [-0.2, -0.15) is 0 Å². The maximum absolute atomic E-state index is 12.0. The summed E-state index contributed by atoms with van der Waals surface area (Å²) in [6.07, 6.45) is 2.38. The number of barbiturate groups is 1. The molecule has 0 saturated carbocycles. The first-order chi connectivity index (χ1) is 11.4. The van der Waals surface area contributed by atoms with Gasteiger partial charge in [0.2, 0.25) is 11.8 Å². The molecule has 1 aromatic rings. The van der Waals surface area contributed by atoms with Gasteiger partial charge in [-0.1, -0.05) is 50.6 Å². The summed E-state index contributed by atoms with van der Waals surface area (Å²) in [5.74, 6) is -1.83. The van der Waals surface area contributed by atoms with Crippen LogP contribution in [0.5, 0.6) is 0 Å². The Morgan fingerprint density at radius 3 is 1.96 bits per heavy atom. The molecule has 130 valence electrons. The molecule has 0 unspecified atom stereocenters. The number of carboxylic acids is 1. The van der Waals surface area contributed by atoms with E-state index in [0.29, 0.717) is 18.4 Å². The van der Waals surface area contributed by atoms with Crippen molar-refractivity contribution in [1.82, 2.24) is 10.6 Å². The molecular formula is C17H22N2O5. The number of unbranched alkanes of at least 4 members (excludes halogenated alkanes) is 1. The first-order valence-electron chi connectivity index (χ1n) is 7.82. The minimum atomic E-state index is -1.31. The lowest BCUT2D eigenvalue weighted by Gasteiger charge is -2.33. The van der Waals surface area contributed by atoms with Gasteiger partial charge in [-0.15, -0.1) is 0 Å². The van der Waals surface area contributed by atoms with Crippen LogP contribution in [0, 0.1) is 0 Å². The predicted molar refractivity (Wildman–Crippen MR) is 87.3 cm³/mol. The number of rotatable bonds is 5. The van der Waals surface area contributed by atoms with Crippen molar-refractivity contribution < 1.29 is 24.3 Å². The molecule has 0 aliphatic carbocycles. The third-order valence-electron chi connectivity index (χ3n) is 3.77. The molecule has 4 amide bonds. The van der Waals surface area contributed by atoms with E-state index < -0.39 is 29.2 Å². The average molecular weight is 334 g/mol. The molecule has 0 radical (unpaired) electrons. The molecule has 1 aliphatic rings. The summed E-state index contributed by atoms with van der Waals surface area (Å²) >= 11 is 0. The number of nitrogens with one attached hydrogen (secondary N) is 2. The molecule has 1 aliphatic heterocycles. The number of aliphatic carboxylic acids is 1. The monoisotopic (exact) mass is 334 g/mol. The number of carbonyl (C=O) groups excluding carboxylic acids is 3. The molecule has 1 saturated heterocycles. The second kappa shape index (κ2) is 8.81. The normalized spacial score (nSPS) is 15.7. The van der Waals surface area contributed by atoms with Crippen molar-refractivity contribution in [3.8, 4) is 0 Å². The van der Waals surface area contributed by atoms with Crippen molar-refractivity contribution >= 4 is 23.8 Å². The van der Waals surface area contributed by atoms with Gasteiger partial charge in [0.25, 0.3) is 0 Å². The summed E-state index contributed by atoms with van der Waals surface area (Å²) in [6, 6.07) is 7.96. The molecule has 1 heterocycles. The Balaban J connectivity index is 0.000000351. The van der Waals surface area contributed by atoms with Crippen LogP contribution in [0.2, 0.25) is 0 Å². The van der Waals surface area contributed by atoms with Crippen LogP contribution in [0.25, 0.3) is 0 Å². The molecule has 0 atom stereocenters. The summed E-state index contributed by atoms with van der Waals surface area (Å²) in [6.45, 7) is 3.71. The highest BCUT2D eigenvalue weighted by Crippen LogP contribution is 2.30. The number of urea groups is 1. The van der Waals surface area contributed by atoms with Gasteiger partial charge in [0, 0.05) is 6.42 Å². The molecule has 24 heavy (non-hydrogen) atoms. The van der Waals surface area contributed by atoms with Gasteiger partial charge in [-0.25, -0.2) is 4.79 Å². The Morgan fingerprint density at radius 2 is 1.58 bits per heavy atom. The van der Waals surface area contributed by atoms with Crippen LogP contribution in [-0.2, 0) is 19.8 Å². The summed E-state index contributed by atoms with van der Waals surface area (Å²) in [5.41, 5.74) is -0.722. The fourth-order valence-electron chi connectivity index (χ4n) is 2.39. The first-order valence-corrected chi connectivity index (χ1v) is 7.82. The lowest BCUT2D eigenvalue weighted by Crippen LogP contribution is -2.64. The fraction of sp³-hybridized carbons (Fsp3) is 0.412. The Hall–Kier alpha value is -2.70. The Kier molecular flexibility index (Phi) is 7.10. The van der Waals surface area contributed by atoms with Crippen molar-refractivity contribution in [3.63, 3.8) is 0 Å². The standard InChI is InChI=1S/C12H12N2O3.C5H10O2/c1-2-12(8-6-4-3-5-7-8)9(15)13-11(17)14-10(12)16;1-2-3-4-5(6)7/h3-7H,2H2,1H3,(H2,13,14,15,16,17);2-4H2,1H3,(H,6,7). The molecule has 1 aromatic carbocycles. The zero-order valence-electron chi connectivity index (χ0n) is 13.8. The number of hydrogen-bond donors (Lipinski definition) is 3. The Labute approximate surface area is 140 Å². The van der Waals surface area contributed by atoms with Gasteiger partial charge in [0.05, 0.1) is 0 Å². The van der Waals surface area contributed by atoms with Crippen LogP contribution < -0.4 is 10.6 Å². The van der Waals surface area contributed by atoms with Crippen molar-refractivity contribution in [2.75, 3.05) is 0 Å². The number of hydrogen-bond acceptors (Lipinski definition) is 4. The maximum atomic E-state index is 12.0. The summed E-state index contributed by atoms with van der Waals surface area (Å²) in [4.78, 5) is 44.8. The highest BCUT2D eigenvalue weighted by atomic mass is 16.4. The van der Waals surface area contributed by atoms with E-state index in [1.54, 1.807) is 37.3 Å². The molecule has 7 heteroatoms. The summed E-state index contributed by atoms with van der Waals surface area (Å²) in [5, 5.41) is 12.3. The second-order valence-corrected chi connectivity index (χ2v) is 5.36. The smallest absolute Gasteiger partial charge is 0.328 e. The molecule has 0 aromatic heterocycles. The van der Waals surface area contributed by atoms with Crippen molar-refractivity contribution in [3.05, 3.63) is 35.9 Å². The van der Waals surface area contributed by atoms with Gasteiger partial charge in [-0.05, 0) is 18.4 Å². The van der Waals surface area contributed by atoms with Crippen LogP contribution in [0.1, 0.15) is 45.1 Å². The highest BCUT2D eigenvalue weighted by Gasteiger charge is 2.50. The molecule has 3 N–H and O–H groups in total. The molecule has 7 nitrogen and oxygen atoms in total. The van der Waals surface area contributed by atoms with Gasteiger partial charge >= 0.3 is 12.0 Å². The topological polar surface area (TPSA) is 113 Å². The molecular weight excluding hydrogens is 312 g/mol. The largest absolute Gasteiger partial charge is 0.481 e. The zero-order valence-corrected chi connectivity index (χ0v) is 13.8. The number of amides is 4. The molecule has 0 spiro atoms. The van der Waals surface area contributed by atoms with E-state index in [9.17, 15) is 19.2 Å². The molecule has 2 rings (SSSR count). The third kappa shape index (κ3) is 4.41. The second-order valence-electron chi connectivity index (χ2n) is 5.36. The van der Waals surface area contributed by atoms with E-state index in [4.69, 9.17) is 5.11 Å².